The Balaban J connectivity index is 2.24. The van der Waals surface area contributed by atoms with Gasteiger partial charge in [0.1, 0.15) is 0 Å². The lowest BCUT2D eigenvalue weighted by atomic mass is 9.96. The third-order valence-electron chi connectivity index (χ3n) is 3.40. The maximum absolute atomic E-state index is 12.2. The lowest BCUT2D eigenvalue weighted by Crippen LogP contribution is -2.36. The fraction of sp³-hybridized carbons (Fsp3) is 0.429. The predicted molar refractivity (Wildman–Crippen MR) is 69.4 cm³/mol. The van der Waals surface area contributed by atoms with Crippen LogP contribution in [0.2, 0.25) is 0 Å². The summed E-state index contributed by atoms with van der Waals surface area (Å²) in [5, 5.41) is 9.12. The zero-order valence-electron chi connectivity index (χ0n) is 11.1. The molecular formula is C14H14F3NO3. The van der Waals surface area contributed by atoms with Gasteiger partial charge in [-0.2, -0.15) is 13.2 Å². The molecule has 0 saturated heterocycles. The SMILES string of the molecule is O=C(O)c1cccc2c1CCCN2C(=O)CCC(F)(F)F. The Kier molecular flexibility index (Phi) is 4.20. The zero-order valence-corrected chi connectivity index (χ0v) is 11.1. The predicted octanol–water partition coefficient (Wildman–Crippen LogP) is 3.01. The molecule has 1 aromatic rings. The van der Waals surface area contributed by atoms with Gasteiger partial charge < -0.3 is 10.0 Å². The average Bonchev–Trinajstić information content (AvgIpc) is 2.42. The van der Waals surface area contributed by atoms with Crippen LogP contribution in [-0.2, 0) is 11.2 Å². The number of benzene rings is 1. The van der Waals surface area contributed by atoms with Gasteiger partial charge in [-0.3, -0.25) is 4.79 Å². The molecule has 1 aromatic carbocycles. The minimum atomic E-state index is -4.38. The fourth-order valence-electron chi connectivity index (χ4n) is 2.47. The standard InChI is InChI=1S/C14H14F3NO3/c15-14(16,17)7-6-12(19)18-8-2-4-9-10(13(20)21)3-1-5-11(9)18/h1,3,5H,2,4,6-8H2,(H,20,21). The van der Waals surface area contributed by atoms with Crippen molar-refractivity contribution in [2.24, 2.45) is 0 Å². The molecule has 114 valence electrons. The van der Waals surface area contributed by atoms with Crippen molar-refractivity contribution in [2.45, 2.75) is 31.9 Å². The molecule has 1 aliphatic heterocycles. The van der Waals surface area contributed by atoms with Crippen LogP contribution >= 0.6 is 0 Å². The van der Waals surface area contributed by atoms with Crippen molar-refractivity contribution in [1.82, 2.24) is 0 Å². The summed E-state index contributed by atoms with van der Waals surface area (Å²) in [6, 6.07) is 4.51. The lowest BCUT2D eigenvalue weighted by Gasteiger charge is -2.30. The molecule has 1 heterocycles. The summed E-state index contributed by atoms with van der Waals surface area (Å²) < 4.78 is 36.6. The van der Waals surface area contributed by atoms with E-state index in [1.54, 1.807) is 6.07 Å². The molecule has 0 radical (unpaired) electrons. The van der Waals surface area contributed by atoms with Crippen LogP contribution in [0.25, 0.3) is 0 Å². The Morgan fingerprint density at radius 2 is 2.00 bits per heavy atom. The molecule has 4 nitrogen and oxygen atoms in total. The molecule has 21 heavy (non-hydrogen) atoms. The van der Waals surface area contributed by atoms with Gasteiger partial charge in [0.25, 0.3) is 0 Å². The monoisotopic (exact) mass is 301 g/mol. The van der Waals surface area contributed by atoms with Crippen LogP contribution in [0.5, 0.6) is 0 Å². The maximum atomic E-state index is 12.2. The number of halogens is 3. The molecule has 0 spiro atoms. The van der Waals surface area contributed by atoms with E-state index in [2.05, 4.69) is 0 Å². The van der Waals surface area contributed by atoms with Gasteiger partial charge in [0, 0.05) is 18.7 Å². The summed E-state index contributed by atoms with van der Waals surface area (Å²) >= 11 is 0. The summed E-state index contributed by atoms with van der Waals surface area (Å²) in [5.41, 5.74) is 1.02. The number of rotatable bonds is 3. The number of carbonyl (C=O) groups is 2. The highest BCUT2D eigenvalue weighted by Crippen LogP contribution is 2.31. The van der Waals surface area contributed by atoms with E-state index in [0.29, 0.717) is 30.6 Å². The first kappa shape index (κ1) is 15.3. The topological polar surface area (TPSA) is 57.6 Å². The normalized spacial score (nSPS) is 14.7. The van der Waals surface area contributed by atoms with Crippen LogP contribution in [0.4, 0.5) is 18.9 Å². The number of alkyl halides is 3. The summed E-state index contributed by atoms with van der Waals surface area (Å²) in [6.45, 7) is 0.312. The maximum Gasteiger partial charge on any atom is 0.389 e. The first-order chi connectivity index (χ1) is 9.79. The van der Waals surface area contributed by atoms with Crippen molar-refractivity contribution in [3.05, 3.63) is 29.3 Å². The Labute approximate surface area is 119 Å². The van der Waals surface area contributed by atoms with E-state index in [0.717, 1.165) is 0 Å². The number of hydrogen-bond acceptors (Lipinski definition) is 2. The second-order valence-corrected chi connectivity index (χ2v) is 4.87. The summed E-state index contributed by atoms with van der Waals surface area (Å²) in [4.78, 5) is 24.4. The average molecular weight is 301 g/mol. The molecule has 0 aromatic heterocycles. The van der Waals surface area contributed by atoms with Gasteiger partial charge in [-0.25, -0.2) is 4.79 Å². The number of carboxylic acids is 1. The number of aromatic carboxylic acids is 1. The van der Waals surface area contributed by atoms with Gasteiger partial charge in [-0.1, -0.05) is 6.07 Å². The highest BCUT2D eigenvalue weighted by molar-refractivity contribution is 5.98. The van der Waals surface area contributed by atoms with E-state index >= 15 is 0 Å². The Morgan fingerprint density at radius 1 is 1.29 bits per heavy atom. The molecule has 2 rings (SSSR count). The van der Waals surface area contributed by atoms with Crippen LogP contribution in [0.3, 0.4) is 0 Å². The van der Waals surface area contributed by atoms with E-state index in [1.165, 1.54) is 17.0 Å². The van der Waals surface area contributed by atoms with Gasteiger partial charge in [0.2, 0.25) is 5.91 Å². The van der Waals surface area contributed by atoms with E-state index in [9.17, 15) is 22.8 Å². The molecule has 0 fully saturated rings. The zero-order chi connectivity index (χ0) is 15.6. The van der Waals surface area contributed by atoms with E-state index < -0.39 is 30.9 Å². The molecule has 0 saturated carbocycles. The van der Waals surface area contributed by atoms with Crippen LogP contribution < -0.4 is 4.90 Å². The van der Waals surface area contributed by atoms with Gasteiger partial charge in [0.15, 0.2) is 0 Å². The number of anilines is 1. The smallest absolute Gasteiger partial charge is 0.389 e. The lowest BCUT2D eigenvalue weighted by molar-refractivity contribution is -0.143. The van der Waals surface area contributed by atoms with Gasteiger partial charge in [-0.05, 0) is 30.5 Å². The van der Waals surface area contributed by atoms with Crippen molar-refractivity contribution in [1.29, 1.82) is 0 Å². The molecule has 0 aliphatic carbocycles. The minimum absolute atomic E-state index is 0.0980. The van der Waals surface area contributed by atoms with Gasteiger partial charge >= 0.3 is 12.1 Å². The first-order valence-corrected chi connectivity index (χ1v) is 6.52. The molecule has 0 atom stereocenters. The van der Waals surface area contributed by atoms with E-state index in [-0.39, 0.29) is 5.56 Å². The molecule has 1 N–H and O–H groups in total. The number of carbonyl (C=O) groups excluding carboxylic acids is 1. The van der Waals surface area contributed by atoms with Crippen molar-refractivity contribution < 1.29 is 27.9 Å². The number of nitrogens with zero attached hydrogens (tertiary/aromatic N) is 1. The van der Waals surface area contributed by atoms with Crippen molar-refractivity contribution in [2.75, 3.05) is 11.4 Å². The van der Waals surface area contributed by atoms with Gasteiger partial charge in [0.05, 0.1) is 12.0 Å². The number of carboxylic acid groups (broad SMARTS) is 1. The summed E-state index contributed by atoms with van der Waals surface area (Å²) in [7, 11) is 0. The third-order valence-corrected chi connectivity index (χ3v) is 3.40. The summed E-state index contributed by atoms with van der Waals surface area (Å²) in [6.07, 6.45) is -5.14. The van der Waals surface area contributed by atoms with Crippen molar-refractivity contribution >= 4 is 17.6 Å². The highest BCUT2D eigenvalue weighted by Gasteiger charge is 2.31. The number of fused-ring (bicyclic) bond motifs is 1. The first-order valence-electron chi connectivity index (χ1n) is 6.52. The Bertz CT molecular complexity index is 569. The summed E-state index contributed by atoms with van der Waals surface area (Å²) in [5.74, 6) is -1.73. The number of amides is 1. The third kappa shape index (κ3) is 3.53. The Morgan fingerprint density at radius 3 is 2.62 bits per heavy atom. The quantitative estimate of drug-likeness (QED) is 0.933. The van der Waals surface area contributed by atoms with E-state index in [4.69, 9.17) is 5.11 Å². The van der Waals surface area contributed by atoms with Crippen LogP contribution in [0.15, 0.2) is 18.2 Å². The minimum Gasteiger partial charge on any atom is -0.478 e. The molecule has 1 amide bonds. The molecular weight excluding hydrogens is 287 g/mol. The second-order valence-electron chi connectivity index (χ2n) is 4.87. The molecule has 1 aliphatic rings. The Hall–Kier alpha value is -2.05. The highest BCUT2D eigenvalue weighted by atomic mass is 19.4. The largest absolute Gasteiger partial charge is 0.478 e. The molecule has 0 unspecified atom stereocenters. The van der Waals surface area contributed by atoms with Crippen molar-refractivity contribution in [3.8, 4) is 0 Å². The molecule has 7 heteroatoms. The van der Waals surface area contributed by atoms with Gasteiger partial charge in [-0.15, -0.1) is 0 Å². The van der Waals surface area contributed by atoms with Crippen molar-refractivity contribution in [3.63, 3.8) is 0 Å². The fourth-order valence-corrected chi connectivity index (χ4v) is 2.47. The second kappa shape index (κ2) is 5.75. The van der Waals surface area contributed by atoms with Crippen LogP contribution in [0.1, 0.15) is 35.2 Å². The number of hydrogen-bond donors (Lipinski definition) is 1. The molecule has 0 bridgehead atoms. The van der Waals surface area contributed by atoms with Crippen LogP contribution in [-0.4, -0.2) is 29.7 Å². The van der Waals surface area contributed by atoms with E-state index in [1.807, 2.05) is 0 Å². The van der Waals surface area contributed by atoms with Crippen LogP contribution in [0, 0.1) is 0 Å².